The van der Waals surface area contributed by atoms with Crippen molar-refractivity contribution in [2.75, 3.05) is 49.6 Å². The molecule has 2 aliphatic heterocycles. The zero-order valence-corrected chi connectivity index (χ0v) is 16.3. The lowest BCUT2D eigenvalue weighted by molar-refractivity contribution is -0.118. The number of rotatable bonds is 4. The third-order valence-corrected chi connectivity index (χ3v) is 6.69. The topological polar surface area (TPSA) is 26.8 Å². The molecule has 0 N–H and O–H groups in total. The molecular weight excluding hydrogens is 361 g/mol. The van der Waals surface area contributed by atoms with Crippen LogP contribution in [0, 0.1) is 5.82 Å². The third kappa shape index (κ3) is 3.96. The molecule has 2 aromatic rings. The highest BCUT2D eigenvalue weighted by molar-refractivity contribution is 8.01. The van der Waals surface area contributed by atoms with Crippen LogP contribution in [0.2, 0.25) is 0 Å². The number of hydrogen-bond acceptors (Lipinski definition) is 4. The maximum atomic E-state index is 13.1. The van der Waals surface area contributed by atoms with Gasteiger partial charge in [0.15, 0.2) is 0 Å². The van der Waals surface area contributed by atoms with Gasteiger partial charge in [-0.2, -0.15) is 0 Å². The monoisotopic (exact) mass is 385 g/mol. The number of halogens is 1. The van der Waals surface area contributed by atoms with Gasteiger partial charge >= 0.3 is 0 Å². The summed E-state index contributed by atoms with van der Waals surface area (Å²) >= 11 is 1.69. The first-order chi connectivity index (χ1) is 13.1. The number of carbonyl (C=O) groups excluding carboxylic acids is 1. The number of hydrogen-bond donors (Lipinski definition) is 0. The Morgan fingerprint density at radius 3 is 2.48 bits per heavy atom. The summed E-state index contributed by atoms with van der Waals surface area (Å²) in [5, 5.41) is -0.0139. The van der Waals surface area contributed by atoms with Crippen LogP contribution in [0.4, 0.5) is 15.8 Å². The molecule has 1 atom stereocenters. The summed E-state index contributed by atoms with van der Waals surface area (Å²) in [5.74, 6) is 0.00206. The lowest BCUT2D eigenvalue weighted by Crippen LogP contribution is -2.47. The molecule has 0 radical (unpaired) electrons. The third-order valence-electron chi connectivity index (χ3n) is 5.37. The summed E-state index contributed by atoms with van der Waals surface area (Å²) in [6, 6.07) is 14.8. The predicted octanol–water partition coefficient (Wildman–Crippen LogP) is 3.48. The highest BCUT2D eigenvalue weighted by Gasteiger charge is 2.31. The number of para-hydroxylation sites is 1. The summed E-state index contributed by atoms with van der Waals surface area (Å²) in [6.45, 7) is 4.72. The fourth-order valence-electron chi connectivity index (χ4n) is 3.74. The standard InChI is InChI=1S/C21H24FN3OS/c1-23-18-4-2-3-5-19(18)27-20(21(23)26)10-11-24-12-14-25(15-13-24)17-8-6-16(22)7-9-17/h2-9,20H,10-15H2,1H3. The average molecular weight is 386 g/mol. The van der Waals surface area contributed by atoms with E-state index in [1.54, 1.807) is 16.7 Å². The lowest BCUT2D eigenvalue weighted by atomic mass is 10.2. The highest BCUT2D eigenvalue weighted by Crippen LogP contribution is 2.39. The Kier molecular flexibility index (Phi) is 5.36. The number of piperazine rings is 1. The van der Waals surface area contributed by atoms with Crippen molar-refractivity contribution in [3.63, 3.8) is 0 Å². The minimum atomic E-state index is -0.196. The van der Waals surface area contributed by atoms with E-state index in [2.05, 4.69) is 15.9 Å². The SMILES string of the molecule is CN1C(=O)C(CCN2CCN(c3ccc(F)cc3)CC2)Sc2ccccc21. The maximum Gasteiger partial charge on any atom is 0.240 e. The number of thioether (sulfide) groups is 1. The van der Waals surface area contributed by atoms with E-state index < -0.39 is 0 Å². The molecular formula is C21H24FN3OS. The van der Waals surface area contributed by atoms with Crippen molar-refractivity contribution < 1.29 is 9.18 Å². The van der Waals surface area contributed by atoms with Gasteiger partial charge in [0.2, 0.25) is 5.91 Å². The van der Waals surface area contributed by atoms with Crippen LogP contribution in [0.3, 0.4) is 0 Å². The smallest absolute Gasteiger partial charge is 0.240 e. The quantitative estimate of drug-likeness (QED) is 0.805. The summed E-state index contributed by atoms with van der Waals surface area (Å²) in [5.41, 5.74) is 2.09. The number of fused-ring (bicyclic) bond motifs is 1. The van der Waals surface area contributed by atoms with E-state index >= 15 is 0 Å². The average Bonchev–Trinajstić information content (AvgIpc) is 2.71. The van der Waals surface area contributed by atoms with Gasteiger partial charge in [-0.25, -0.2) is 4.39 Å². The summed E-state index contributed by atoms with van der Waals surface area (Å²) in [4.78, 5) is 20.4. The first-order valence-electron chi connectivity index (χ1n) is 9.38. The van der Waals surface area contributed by atoms with Crippen molar-refractivity contribution in [1.82, 2.24) is 4.90 Å². The fraction of sp³-hybridized carbons (Fsp3) is 0.381. The first-order valence-corrected chi connectivity index (χ1v) is 10.3. The normalized spacial score (nSPS) is 20.7. The molecule has 1 unspecified atom stereocenters. The number of amides is 1. The van der Waals surface area contributed by atoms with E-state index in [9.17, 15) is 9.18 Å². The van der Waals surface area contributed by atoms with Crippen molar-refractivity contribution >= 4 is 29.0 Å². The van der Waals surface area contributed by atoms with Crippen LogP contribution in [0.5, 0.6) is 0 Å². The predicted molar refractivity (Wildman–Crippen MR) is 109 cm³/mol. The Morgan fingerprint density at radius 2 is 1.74 bits per heavy atom. The maximum absolute atomic E-state index is 13.1. The second kappa shape index (κ2) is 7.90. The Morgan fingerprint density at radius 1 is 1.04 bits per heavy atom. The molecule has 1 saturated heterocycles. The van der Waals surface area contributed by atoms with E-state index in [-0.39, 0.29) is 17.0 Å². The van der Waals surface area contributed by atoms with E-state index in [1.165, 1.54) is 17.0 Å². The summed E-state index contributed by atoms with van der Waals surface area (Å²) in [6.07, 6.45) is 0.860. The van der Waals surface area contributed by atoms with Crippen LogP contribution in [-0.4, -0.2) is 55.8 Å². The minimum absolute atomic E-state index is 0.0139. The Hall–Kier alpha value is -2.05. The van der Waals surface area contributed by atoms with Crippen molar-refractivity contribution in [2.24, 2.45) is 0 Å². The van der Waals surface area contributed by atoms with Gasteiger partial charge in [0, 0.05) is 43.8 Å². The number of nitrogens with zero attached hydrogens (tertiary/aromatic N) is 3. The van der Waals surface area contributed by atoms with Gasteiger partial charge < -0.3 is 9.80 Å². The molecule has 1 fully saturated rings. The first kappa shape index (κ1) is 18.3. The summed E-state index contributed by atoms with van der Waals surface area (Å²) < 4.78 is 13.1. The zero-order chi connectivity index (χ0) is 18.8. The lowest BCUT2D eigenvalue weighted by Gasteiger charge is -2.37. The van der Waals surface area contributed by atoms with E-state index in [0.29, 0.717) is 0 Å². The van der Waals surface area contributed by atoms with Gasteiger partial charge in [0.05, 0.1) is 10.9 Å². The van der Waals surface area contributed by atoms with Crippen molar-refractivity contribution in [1.29, 1.82) is 0 Å². The number of anilines is 2. The van der Waals surface area contributed by atoms with Crippen molar-refractivity contribution in [3.8, 4) is 0 Å². The molecule has 142 valence electrons. The second-order valence-corrected chi connectivity index (χ2v) is 8.31. The van der Waals surface area contributed by atoms with Crippen molar-refractivity contribution in [2.45, 2.75) is 16.6 Å². The van der Waals surface area contributed by atoms with Gasteiger partial charge in [-0.3, -0.25) is 9.69 Å². The van der Waals surface area contributed by atoms with Crippen LogP contribution in [-0.2, 0) is 4.79 Å². The van der Waals surface area contributed by atoms with E-state index in [0.717, 1.165) is 50.5 Å². The molecule has 2 aliphatic rings. The molecule has 4 nitrogen and oxygen atoms in total. The molecule has 27 heavy (non-hydrogen) atoms. The largest absolute Gasteiger partial charge is 0.369 e. The molecule has 6 heteroatoms. The molecule has 0 saturated carbocycles. The Balaban J connectivity index is 1.30. The van der Waals surface area contributed by atoms with E-state index in [1.807, 2.05) is 37.4 Å². The molecule has 1 amide bonds. The van der Waals surface area contributed by atoms with Crippen LogP contribution >= 0.6 is 11.8 Å². The molecule has 2 heterocycles. The van der Waals surface area contributed by atoms with Gasteiger partial charge in [-0.05, 0) is 49.4 Å². The summed E-state index contributed by atoms with van der Waals surface area (Å²) in [7, 11) is 1.87. The molecule has 0 spiro atoms. The molecule has 0 aliphatic carbocycles. The van der Waals surface area contributed by atoms with Crippen LogP contribution in [0.25, 0.3) is 0 Å². The van der Waals surface area contributed by atoms with Crippen LogP contribution < -0.4 is 9.80 Å². The molecule has 2 aromatic carbocycles. The van der Waals surface area contributed by atoms with Crippen LogP contribution in [0.1, 0.15) is 6.42 Å². The Labute approximate surface area is 163 Å². The fourth-order valence-corrected chi connectivity index (χ4v) is 5.01. The van der Waals surface area contributed by atoms with Gasteiger partial charge in [-0.15, -0.1) is 11.8 Å². The minimum Gasteiger partial charge on any atom is -0.369 e. The van der Waals surface area contributed by atoms with Gasteiger partial charge in [0.25, 0.3) is 0 Å². The van der Waals surface area contributed by atoms with Crippen LogP contribution in [0.15, 0.2) is 53.4 Å². The Bertz CT molecular complexity index is 805. The highest BCUT2D eigenvalue weighted by atomic mass is 32.2. The zero-order valence-electron chi connectivity index (χ0n) is 15.5. The molecule has 0 bridgehead atoms. The second-order valence-electron chi connectivity index (χ2n) is 7.07. The number of benzene rings is 2. The van der Waals surface area contributed by atoms with Crippen molar-refractivity contribution in [3.05, 3.63) is 54.3 Å². The number of carbonyl (C=O) groups is 1. The molecule has 4 rings (SSSR count). The van der Waals surface area contributed by atoms with Gasteiger partial charge in [0.1, 0.15) is 5.82 Å². The van der Waals surface area contributed by atoms with Gasteiger partial charge in [-0.1, -0.05) is 12.1 Å². The molecule has 0 aromatic heterocycles. The van der Waals surface area contributed by atoms with E-state index in [4.69, 9.17) is 0 Å².